The Kier molecular flexibility index (Phi) is 14.3. The van der Waals surface area contributed by atoms with E-state index in [0.29, 0.717) is 0 Å². The monoisotopic (exact) mass is 632 g/mol. The molecule has 0 unspecified atom stereocenters. The molecule has 218 valence electrons. The van der Waals surface area contributed by atoms with Crippen LogP contribution in [0.4, 0.5) is 0 Å². The van der Waals surface area contributed by atoms with Gasteiger partial charge in [0.1, 0.15) is 0 Å². The molecule has 0 N–H and O–H groups in total. The van der Waals surface area contributed by atoms with Crippen molar-refractivity contribution in [2.45, 2.75) is 84.5 Å². The fraction of sp³-hybridized carbons (Fsp3) is 0.341. The van der Waals surface area contributed by atoms with Gasteiger partial charge in [-0.1, -0.05) is 115 Å². The zero-order valence-electron chi connectivity index (χ0n) is 26.8. The molecule has 6 rings (SSSR count). The van der Waals surface area contributed by atoms with Gasteiger partial charge in [-0.25, -0.2) is 12.1 Å². The molecular formula is C41H50Zr. The fourth-order valence-corrected chi connectivity index (χ4v) is 5.06. The molecule has 5 aromatic rings. The van der Waals surface area contributed by atoms with Crippen molar-refractivity contribution in [3.63, 3.8) is 0 Å². The van der Waals surface area contributed by atoms with Crippen molar-refractivity contribution in [1.82, 2.24) is 0 Å². The average molecular weight is 634 g/mol. The molecule has 0 spiro atoms. The predicted octanol–water partition coefficient (Wildman–Crippen LogP) is 12.1. The Labute approximate surface area is 276 Å². The van der Waals surface area contributed by atoms with Gasteiger partial charge in [-0.2, -0.15) is 48.7 Å². The normalized spacial score (nSPS) is 13.4. The van der Waals surface area contributed by atoms with Gasteiger partial charge in [0.2, 0.25) is 0 Å². The molecule has 1 aliphatic rings. The van der Waals surface area contributed by atoms with Crippen LogP contribution in [-0.2, 0) is 37.0 Å². The van der Waals surface area contributed by atoms with Crippen LogP contribution in [0.25, 0.3) is 21.5 Å². The van der Waals surface area contributed by atoms with Crippen molar-refractivity contribution < 1.29 is 26.2 Å². The van der Waals surface area contributed by atoms with Gasteiger partial charge in [-0.15, -0.1) is 51.9 Å². The van der Waals surface area contributed by atoms with Gasteiger partial charge in [0.05, 0.1) is 0 Å². The molecule has 0 aliphatic heterocycles. The van der Waals surface area contributed by atoms with Crippen molar-refractivity contribution >= 4 is 21.5 Å². The van der Waals surface area contributed by atoms with Crippen molar-refractivity contribution in [3.05, 3.63) is 139 Å². The molecule has 0 amide bonds. The minimum atomic E-state index is 0. The number of benzene rings is 3. The van der Waals surface area contributed by atoms with Crippen molar-refractivity contribution in [1.29, 1.82) is 0 Å². The molecule has 0 heterocycles. The average Bonchev–Trinajstić information content (AvgIpc) is 3.65. The van der Waals surface area contributed by atoms with E-state index in [1.165, 1.54) is 64.8 Å². The number of hydrogen-bond donors (Lipinski definition) is 0. The Bertz CT molecular complexity index is 1340. The van der Waals surface area contributed by atoms with Crippen LogP contribution in [0.1, 0.15) is 90.3 Å². The van der Waals surface area contributed by atoms with E-state index in [4.69, 9.17) is 0 Å². The second kappa shape index (κ2) is 16.9. The minimum absolute atomic E-state index is 0. The molecular weight excluding hydrogens is 584 g/mol. The van der Waals surface area contributed by atoms with Crippen molar-refractivity contribution in [2.24, 2.45) is 5.92 Å². The molecule has 42 heavy (non-hydrogen) atoms. The van der Waals surface area contributed by atoms with Gasteiger partial charge in [0, 0.05) is 0 Å². The second-order valence-electron chi connectivity index (χ2n) is 13.2. The summed E-state index contributed by atoms with van der Waals surface area (Å²) in [6, 6.07) is 36.1. The Hall–Kier alpha value is -2.63. The molecule has 1 saturated carbocycles. The van der Waals surface area contributed by atoms with E-state index in [0.717, 1.165) is 11.5 Å². The standard InChI is InChI=1S/C21H25.C8H13.C7H7.C5H5.Zr/c1-20(2,3)16-7-9-18-14(12-16)11-15-13-17(21(4,5)6)8-10-19(15)18;1-2-8-6-4-3-5-7-8;1-7-5-3-2-4-6-7;1-2-4-5-3-1;/h7-13H,1-6H3;8H,1,3-7H2;2-6H,1H2;1-5H;/q4*-1;+4. The Morgan fingerprint density at radius 2 is 1.17 bits per heavy atom. The van der Waals surface area contributed by atoms with Crippen molar-refractivity contribution in [3.8, 4) is 0 Å². The minimum Gasteiger partial charge on any atom is -0.501 e. The molecule has 0 aromatic heterocycles. The first-order valence-electron chi connectivity index (χ1n) is 15.2. The molecule has 1 heteroatoms. The van der Waals surface area contributed by atoms with Crippen LogP contribution in [0, 0.1) is 18.9 Å². The van der Waals surface area contributed by atoms with Gasteiger partial charge in [0.25, 0.3) is 0 Å². The van der Waals surface area contributed by atoms with Crippen LogP contribution < -0.4 is 0 Å². The first-order chi connectivity index (χ1) is 19.5. The second-order valence-corrected chi connectivity index (χ2v) is 13.2. The van der Waals surface area contributed by atoms with Gasteiger partial charge >= 0.3 is 26.2 Å². The molecule has 0 atom stereocenters. The molecule has 5 aromatic carbocycles. The number of allylic oxidation sites excluding steroid dienone is 1. The smallest absolute Gasteiger partial charge is 0.501 e. The van der Waals surface area contributed by atoms with Gasteiger partial charge in [0.15, 0.2) is 0 Å². The van der Waals surface area contributed by atoms with Gasteiger partial charge < -0.3 is 6.08 Å². The van der Waals surface area contributed by atoms with Crippen LogP contribution in [0.15, 0.2) is 110 Å². The molecule has 1 fully saturated rings. The van der Waals surface area contributed by atoms with Gasteiger partial charge in [-0.05, 0) is 10.8 Å². The van der Waals surface area contributed by atoms with Crippen LogP contribution in [-0.4, -0.2) is 0 Å². The predicted molar refractivity (Wildman–Crippen MR) is 183 cm³/mol. The summed E-state index contributed by atoms with van der Waals surface area (Å²) in [5, 5.41) is 5.48. The molecule has 0 radical (unpaired) electrons. The van der Waals surface area contributed by atoms with Crippen LogP contribution >= 0.6 is 0 Å². The zero-order valence-corrected chi connectivity index (χ0v) is 29.3. The molecule has 0 saturated heterocycles. The van der Waals surface area contributed by atoms with E-state index >= 15 is 0 Å². The Morgan fingerprint density at radius 3 is 1.48 bits per heavy atom. The van der Waals surface area contributed by atoms with E-state index in [2.05, 4.69) is 104 Å². The SMILES string of the molecule is C=[C-]C1CCCCC1.CC(C)(C)c1ccc2c(c1)[cH-]c1cc(C(C)(C)C)ccc12.[CH2-]c1ccccc1.[Zr+4].c1cc[cH-]c1. The quantitative estimate of drug-likeness (QED) is 0.161. The summed E-state index contributed by atoms with van der Waals surface area (Å²) in [6.07, 6.45) is 9.95. The number of rotatable bonds is 1. The molecule has 0 nitrogen and oxygen atoms in total. The van der Waals surface area contributed by atoms with E-state index in [9.17, 15) is 0 Å². The molecule has 0 bridgehead atoms. The number of fused-ring (bicyclic) bond motifs is 3. The summed E-state index contributed by atoms with van der Waals surface area (Å²) in [6.45, 7) is 21.0. The Morgan fingerprint density at radius 1 is 0.690 bits per heavy atom. The summed E-state index contributed by atoms with van der Waals surface area (Å²) in [7, 11) is 0. The van der Waals surface area contributed by atoms with E-state index in [-0.39, 0.29) is 37.0 Å². The van der Waals surface area contributed by atoms with Crippen LogP contribution in [0.2, 0.25) is 0 Å². The topological polar surface area (TPSA) is 0 Å². The molecule has 1 aliphatic carbocycles. The largest absolute Gasteiger partial charge is 4.00 e. The fourth-order valence-electron chi connectivity index (χ4n) is 5.06. The van der Waals surface area contributed by atoms with Crippen molar-refractivity contribution in [2.75, 3.05) is 0 Å². The summed E-state index contributed by atoms with van der Waals surface area (Å²) < 4.78 is 0. The summed E-state index contributed by atoms with van der Waals surface area (Å²) in [5.41, 5.74) is 4.29. The maximum absolute atomic E-state index is 3.72. The first-order valence-corrected chi connectivity index (χ1v) is 15.2. The third-order valence-corrected chi connectivity index (χ3v) is 7.73. The van der Waals surface area contributed by atoms with E-state index in [1.54, 1.807) is 0 Å². The number of hydrogen-bond acceptors (Lipinski definition) is 0. The third kappa shape index (κ3) is 11.2. The summed E-state index contributed by atoms with van der Waals surface area (Å²) >= 11 is 0. The van der Waals surface area contributed by atoms with E-state index in [1.807, 2.05) is 60.7 Å². The third-order valence-electron chi connectivity index (χ3n) is 7.73. The summed E-state index contributed by atoms with van der Waals surface area (Å²) in [5.74, 6) is 0.726. The van der Waals surface area contributed by atoms with Gasteiger partial charge in [-0.3, -0.25) is 6.58 Å². The van der Waals surface area contributed by atoms with E-state index < -0.39 is 0 Å². The zero-order chi connectivity index (χ0) is 29.9. The first kappa shape index (κ1) is 35.6. The van der Waals surface area contributed by atoms with Crippen LogP contribution in [0.5, 0.6) is 0 Å². The summed E-state index contributed by atoms with van der Waals surface area (Å²) in [4.78, 5) is 0. The van der Waals surface area contributed by atoms with Crippen LogP contribution in [0.3, 0.4) is 0 Å². The maximum atomic E-state index is 3.72. The Balaban J connectivity index is 0.000000239. The maximum Gasteiger partial charge on any atom is 4.00 e.